The third-order valence-electron chi connectivity index (χ3n) is 3.15. The van der Waals surface area contributed by atoms with Gasteiger partial charge in [0, 0.05) is 11.8 Å². The van der Waals surface area contributed by atoms with Crippen molar-refractivity contribution >= 4 is 21.7 Å². The van der Waals surface area contributed by atoms with Gasteiger partial charge in [0.1, 0.15) is 5.69 Å². The highest BCUT2D eigenvalue weighted by Crippen LogP contribution is 2.08. The first-order valence-corrected chi connectivity index (χ1v) is 9.00. The number of nitrogens with zero attached hydrogens (tertiary/aromatic N) is 1. The minimum Gasteiger partial charge on any atom is -0.461 e. The van der Waals surface area contributed by atoms with E-state index in [1.807, 2.05) is 6.07 Å². The SMILES string of the molecule is CCOC(=O)c1cc(/C(C)=N/NS(=O)(=O)Cc2ccccc2)c[nH]1. The lowest BCUT2D eigenvalue weighted by Gasteiger charge is -2.04. The lowest BCUT2D eigenvalue weighted by atomic mass is 10.2. The Labute approximate surface area is 140 Å². The maximum Gasteiger partial charge on any atom is 0.354 e. The smallest absolute Gasteiger partial charge is 0.354 e. The van der Waals surface area contributed by atoms with E-state index < -0.39 is 16.0 Å². The highest BCUT2D eigenvalue weighted by Gasteiger charge is 2.13. The number of aromatic amines is 1. The number of carbonyl (C=O) groups excluding carboxylic acids is 1. The van der Waals surface area contributed by atoms with Gasteiger partial charge in [-0.25, -0.2) is 18.0 Å². The zero-order valence-corrected chi connectivity index (χ0v) is 14.3. The van der Waals surface area contributed by atoms with Gasteiger partial charge in [-0.05, 0) is 25.5 Å². The van der Waals surface area contributed by atoms with Crippen molar-refractivity contribution in [3.05, 3.63) is 59.4 Å². The minimum absolute atomic E-state index is 0.161. The second kappa shape index (κ2) is 7.78. The maximum atomic E-state index is 12.0. The topological polar surface area (TPSA) is 101 Å². The molecule has 2 rings (SSSR count). The number of sulfonamides is 1. The molecule has 0 bridgehead atoms. The molecule has 0 saturated heterocycles. The van der Waals surface area contributed by atoms with Crippen LogP contribution in [0, 0.1) is 0 Å². The molecule has 0 spiro atoms. The molecule has 1 aromatic carbocycles. The van der Waals surface area contributed by atoms with Gasteiger partial charge < -0.3 is 9.72 Å². The van der Waals surface area contributed by atoms with Gasteiger partial charge in [-0.1, -0.05) is 30.3 Å². The van der Waals surface area contributed by atoms with Crippen LogP contribution < -0.4 is 4.83 Å². The number of benzene rings is 1. The van der Waals surface area contributed by atoms with Crippen LogP contribution in [0.5, 0.6) is 0 Å². The number of nitrogens with one attached hydrogen (secondary N) is 2. The monoisotopic (exact) mass is 349 g/mol. The summed E-state index contributed by atoms with van der Waals surface area (Å²) in [6, 6.07) is 10.4. The van der Waals surface area contributed by atoms with Gasteiger partial charge >= 0.3 is 5.97 Å². The van der Waals surface area contributed by atoms with E-state index in [1.165, 1.54) is 0 Å². The number of H-pyrrole nitrogens is 1. The summed E-state index contributed by atoms with van der Waals surface area (Å²) in [6.45, 7) is 3.64. The molecule has 0 amide bonds. The molecule has 0 aliphatic rings. The Kier molecular flexibility index (Phi) is 5.75. The van der Waals surface area contributed by atoms with Gasteiger partial charge in [0.15, 0.2) is 0 Å². The van der Waals surface area contributed by atoms with Crippen molar-refractivity contribution in [3.8, 4) is 0 Å². The minimum atomic E-state index is -3.60. The van der Waals surface area contributed by atoms with Crippen molar-refractivity contribution in [1.29, 1.82) is 0 Å². The van der Waals surface area contributed by atoms with Crippen LogP contribution in [-0.4, -0.2) is 31.7 Å². The zero-order chi connectivity index (χ0) is 17.6. The van der Waals surface area contributed by atoms with Gasteiger partial charge in [-0.3, -0.25) is 0 Å². The Balaban J connectivity index is 2.04. The fourth-order valence-corrected chi connectivity index (χ4v) is 2.93. The summed E-state index contributed by atoms with van der Waals surface area (Å²) in [5.41, 5.74) is 1.98. The molecule has 1 aromatic heterocycles. The number of esters is 1. The van der Waals surface area contributed by atoms with E-state index in [2.05, 4.69) is 14.9 Å². The van der Waals surface area contributed by atoms with E-state index in [0.717, 1.165) is 0 Å². The Morgan fingerprint density at radius 1 is 1.29 bits per heavy atom. The van der Waals surface area contributed by atoms with E-state index in [4.69, 9.17) is 4.74 Å². The molecule has 0 atom stereocenters. The van der Waals surface area contributed by atoms with Crippen molar-refractivity contribution in [2.24, 2.45) is 5.10 Å². The number of hydrogen-bond acceptors (Lipinski definition) is 5. The first kappa shape index (κ1) is 17.7. The molecule has 24 heavy (non-hydrogen) atoms. The van der Waals surface area contributed by atoms with Gasteiger partial charge in [0.25, 0.3) is 10.0 Å². The van der Waals surface area contributed by atoms with E-state index in [-0.39, 0.29) is 18.1 Å². The molecule has 8 heteroatoms. The second-order valence-electron chi connectivity index (χ2n) is 5.06. The Bertz CT molecular complexity index is 826. The zero-order valence-electron chi connectivity index (χ0n) is 13.4. The first-order valence-electron chi connectivity index (χ1n) is 7.35. The van der Waals surface area contributed by atoms with Gasteiger partial charge in [-0.2, -0.15) is 5.10 Å². The van der Waals surface area contributed by atoms with Crippen molar-refractivity contribution in [2.75, 3.05) is 6.61 Å². The lowest BCUT2D eigenvalue weighted by Crippen LogP contribution is -2.21. The number of ether oxygens (including phenoxy) is 1. The van der Waals surface area contributed by atoms with Crippen molar-refractivity contribution in [3.63, 3.8) is 0 Å². The largest absolute Gasteiger partial charge is 0.461 e. The standard InChI is InChI=1S/C16H19N3O4S/c1-3-23-16(20)15-9-14(10-17-15)12(2)18-19-24(21,22)11-13-7-5-4-6-8-13/h4-10,17,19H,3,11H2,1-2H3/b18-12+. The molecule has 0 fully saturated rings. The molecule has 0 aliphatic heterocycles. The third-order valence-corrected chi connectivity index (χ3v) is 4.23. The first-order chi connectivity index (χ1) is 11.4. The fourth-order valence-electron chi connectivity index (χ4n) is 1.96. The van der Waals surface area contributed by atoms with E-state index in [1.54, 1.807) is 50.4 Å². The van der Waals surface area contributed by atoms with Crippen LogP contribution in [0.25, 0.3) is 0 Å². The summed E-state index contributed by atoms with van der Waals surface area (Å²) >= 11 is 0. The van der Waals surface area contributed by atoms with Gasteiger partial charge in [0.2, 0.25) is 0 Å². The molecule has 0 radical (unpaired) electrons. The summed E-state index contributed by atoms with van der Waals surface area (Å²) < 4.78 is 28.9. The average Bonchev–Trinajstić information content (AvgIpc) is 3.04. The lowest BCUT2D eigenvalue weighted by molar-refractivity contribution is 0.0520. The molecule has 128 valence electrons. The normalized spacial score (nSPS) is 12.0. The number of carbonyl (C=O) groups is 1. The van der Waals surface area contributed by atoms with Gasteiger partial charge in [0.05, 0.1) is 18.1 Å². The fraction of sp³-hybridized carbons (Fsp3) is 0.250. The molecule has 7 nitrogen and oxygen atoms in total. The predicted molar refractivity (Wildman–Crippen MR) is 91.2 cm³/mol. The molecule has 2 aromatic rings. The summed E-state index contributed by atoms with van der Waals surface area (Å²) in [4.78, 5) is 16.6. The molecular formula is C16H19N3O4S. The van der Waals surface area contributed by atoms with Crippen LogP contribution in [0.3, 0.4) is 0 Å². The number of hydrazone groups is 1. The third kappa shape index (κ3) is 4.95. The number of aromatic nitrogens is 1. The van der Waals surface area contributed by atoms with Crippen LogP contribution in [0.2, 0.25) is 0 Å². The highest BCUT2D eigenvalue weighted by molar-refractivity contribution is 7.88. The average molecular weight is 349 g/mol. The molecule has 0 aliphatic carbocycles. The maximum absolute atomic E-state index is 12.0. The second-order valence-corrected chi connectivity index (χ2v) is 6.76. The summed E-state index contributed by atoms with van der Waals surface area (Å²) in [7, 11) is -3.60. The van der Waals surface area contributed by atoms with Crippen LogP contribution in [0.1, 0.15) is 35.5 Å². The van der Waals surface area contributed by atoms with Gasteiger partial charge in [-0.15, -0.1) is 0 Å². The molecule has 2 N–H and O–H groups in total. The summed E-state index contributed by atoms with van der Waals surface area (Å²) in [6.07, 6.45) is 1.57. The van der Waals surface area contributed by atoms with Crippen molar-refractivity contribution in [1.82, 2.24) is 9.82 Å². The quantitative estimate of drug-likeness (QED) is 0.454. The molecule has 0 unspecified atom stereocenters. The molecule has 1 heterocycles. The predicted octanol–water partition coefficient (Wildman–Crippen LogP) is 2.04. The number of hydrogen-bond donors (Lipinski definition) is 2. The number of rotatable bonds is 7. The summed E-state index contributed by atoms with van der Waals surface area (Å²) in [5.74, 6) is -0.632. The highest BCUT2D eigenvalue weighted by atomic mass is 32.2. The van der Waals surface area contributed by atoms with E-state index >= 15 is 0 Å². The van der Waals surface area contributed by atoms with Crippen LogP contribution in [-0.2, 0) is 20.5 Å². The van der Waals surface area contributed by atoms with Crippen LogP contribution in [0.4, 0.5) is 0 Å². The molecule has 0 saturated carbocycles. The van der Waals surface area contributed by atoms with Crippen molar-refractivity contribution in [2.45, 2.75) is 19.6 Å². The van der Waals surface area contributed by atoms with Crippen molar-refractivity contribution < 1.29 is 17.9 Å². The Morgan fingerprint density at radius 2 is 2.00 bits per heavy atom. The Morgan fingerprint density at radius 3 is 2.67 bits per heavy atom. The summed E-state index contributed by atoms with van der Waals surface area (Å²) in [5, 5.41) is 3.89. The van der Waals surface area contributed by atoms with E-state index in [9.17, 15) is 13.2 Å². The van der Waals surface area contributed by atoms with E-state index in [0.29, 0.717) is 16.8 Å². The van der Waals surface area contributed by atoms with Crippen LogP contribution >= 0.6 is 0 Å². The van der Waals surface area contributed by atoms with Crippen LogP contribution in [0.15, 0.2) is 47.7 Å². The Hall–Kier alpha value is -2.61. The molecular weight excluding hydrogens is 330 g/mol.